The molecule has 0 radical (unpaired) electrons. The molecule has 2 fully saturated rings. The van der Waals surface area contributed by atoms with Crippen LogP contribution in [0.4, 0.5) is 0 Å². The number of carbonyl (C=O) groups excluding carboxylic acids is 15. The van der Waals surface area contributed by atoms with Gasteiger partial charge in [-0.25, -0.2) is 0 Å². The van der Waals surface area contributed by atoms with E-state index in [9.17, 15) is 39.0 Å². The Hall–Kier alpha value is -12.3. The number of nitrogens with two attached hydrogens (primary N) is 1. The van der Waals surface area contributed by atoms with Crippen LogP contribution in [-0.2, 0) is 115 Å². The lowest BCUT2D eigenvalue weighted by Gasteiger charge is -2.37. The molecule has 128 heavy (non-hydrogen) atoms. The van der Waals surface area contributed by atoms with Gasteiger partial charge in [0.05, 0.1) is 24.3 Å². The van der Waals surface area contributed by atoms with Crippen molar-refractivity contribution in [2.24, 2.45) is 35.3 Å². The number of amides is 11. The van der Waals surface area contributed by atoms with Gasteiger partial charge in [0.25, 0.3) is 6.47 Å². The number of phenols is 2. The molecule has 1 aromatic heterocycles. The molecular formula is C96H119ClN12O18S. The highest BCUT2D eigenvalue weighted by atomic mass is 35.5. The second-order valence-corrected chi connectivity index (χ2v) is 35.6. The van der Waals surface area contributed by atoms with E-state index in [4.69, 9.17) is 22.1 Å². The molecule has 3 heterocycles. The van der Waals surface area contributed by atoms with E-state index in [1.54, 1.807) is 149 Å². The van der Waals surface area contributed by atoms with Gasteiger partial charge in [-0.1, -0.05) is 174 Å². The number of benzene rings is 6. The predicted molar refractivity (Wildman–Crippen MR) is 484 cm³/mol. The highest BCUT2D eigenvalue weighted by Gasteiger charge is 2.44. The minimum atomic E-state index is -1.48. The number of likely N-dealkylation sites (N-methyl/N-ethyl adjacent to an activating group) is 4. The number of Topliss-reactive ketones (excluding diaryl/α,β-unsaturated/α-hetero) is 3. The Kier molecular flexibility index (Phi) is 37.4. The first-order valence-electron chi connectivity index (χ1n) is 43.4. The van der Waals surface area contributed by atoms with Gasteiger partial charge in [0.1, 0.15) is 72.2 Å². The lowest BCUT2D eigenvalue weighted by molar-refractivity contribution is -0.151. The number of halogens is 1. The molecule has 0 spiro atoms. The second kappa shape index (κ2) is 48.1. The smallest absolute Gasteiger partial charge is 0.293 e. The number of aromatic hydroxyl groups is 2. The van der Waals surface area contributed by atoms with Gasteiger partial charge < -0.3 is 76.8 Å². The number of ether oxygens (including phenoxy) is 1. The normalized spacial score (nSPS) is 23.2. The first-order valence-corrected chi connectivity index (χ1v) is 44.9. The number of hydrogen-bond donors (Lipinski definition) is 9. The summed E-state index contributed by atoms with van der Waals surface area (Å²) in [6.45, 7) is 7.75. The monoisotopic (exact) mass is 1790 g/mol. The number of phenolic OH excluding ortho intramolecular Hbond substituents is 2. The number of primary amides is 1. The van der Waals surface area contributed by atoms with E-state index in [0.717, 1.165) is 16.7 Å². The number of ketones is 3. The number of rotatable bonds is 22. The van der Waals surface area contributed by atoms with Crippen LogP contribution in [-0.4, -0.2) is 242 Å². The minimum absolute atomic E-state index is 0.00514. The number of aromatic amines is 1. The molecule has 9 rings (SSSR count). The topological polar surface area (TPSA) is 424 Å². The maximum atomic E-state index is 15.7. The van der Waals surface area contributed by atoms with Gasteiger partial charge in [0, 0.05) is 126 Å². The third-order valence-electron chi connectivity index (χ3n) is 23.7. The SMILES string of the molecule is CCCC[C@H]1C(=O)N(C)CC(=O)C[C@@H](COC=O)C(=O)C[C@@H](C(C)C)C(=O)N(C)[C@@H](Cc2ccccc2)C(=O)N[C@@H](Cc2ccc(O)cc2)C(=O)N2CCC[C@@H]2C(=O)N[C@@H](Cc2c[nH]c3ccccc23)C(=O)C[C@@H](Cc2ccc(O)cc2)C(=O)N[C@@H](CC(C)C)C(=O)N[C@H](C(N)=O)CSCC(=O)N[C@@H](Cc2cccc(Cl)c2)C(=O)N(C)[C@@H](Cc2ccccc2)C(=O)N1C. The van der Waals surface area contributed by atoms with Crippen molar-refractivity contribution in [3.8, 4) is 11.5 Å². The van der Waals surface area contributed by atoms with Gasteiger partial charge in [-0.15, -0.1) is 11.8 Å². The first-order chi connectivity index (χ1) is 61.1. The molecule has 32 heteroatoms. The van der Waals surface area contributed by atoms with Crippen LogP contribution in [0.15, 0.2) is 164 Å². The van der Waals surface area contributed by atoms with Crippen LogP contribution in [0.25, 0.3) is 10.9 Å². The Balaban J connectivity index is 1.11. The molecule has 684 valence electrons. The van der Waals surface area contributed by atoms with Gasteiger partial charge in [0.15, 0.2) is 11.6 Å². The van der Waals surface area contributed by atoms with Crippen LogP contribution >= 0.6 is 23.4 Å². The average Bonchev–Trinajstić information content (AvgIpc) is 1.48. The minimum Gasteiger partial charge on any atom is -0.508 e. The zero-order valence-electron chi connectivity index (χ0n) is 73.9. The Bertz CT molecular complexity index is 5040. The average molecular weight is 1800 g/mol. The van der Waals surface area contributed by atoms with Crippen LogP contribution in [0.1, 0.15) is 126 Å². The number of thioether (sulfide) groups is 1. The third-order valence-corrected chi connectivity index (χ3v) is 24.9. The number of unbranched alkanes of at least 4 members (excludes halogenated alkanes) is 1. The lowest BCUT2D eigenvalue weighted by atomic mass is 9.84. The summed E-state index contributed by atoms with van der Waals surface area (Å²) < 4.78 is 5.17. The summed E-state index contributed by atoms with van der Waals surface area (Å²) >= 11 is 7.38. The molecule has 2 saturated heterocycles. The summed E-state index contributed by atoms with van der Waals surface area (Å²) in [5, 5.41) is 36.1. The van der Waals surface area contributed by atoms with Crippen LogP contribution in [0, 0.1) is 29.6 Å². The van der Waals surface area contributed by atoms with E-state index < -0.39 is 199 Å². The second-order valence-electron chi connectivity index (χ2n) is 34.1. The van der Waals surface area contributed by atoms with E-state index >= 15 is 43.2 Å². The Morgan fingerprint density at radius 2 is 1.12 bits per heavy atom. The highest BCUT2D eigenvalue weighted by molar-refractivity contribution is 8.00. The van der Waals surface area contributed by atoms with Gasteiger partial charge in [-0.3, -0.25) is 71.9 Å². The quantitative estimate of drug-likeness (QED) is 0.0299. The number of aromatic nitrogens is 1. The van der Waals surface area contributed by atoms with Crippen LogP contribution in [0.5, 0.6) is 11.5 Å². The summed E-state index contributed by atoms with van der Waals surface area (Å²) in [5.41, 5.74) is 9.99. The molecule has 0 unspecified atom stereocenters. The van der Waals surface area contributed by atoms with Crippen molar-refractivity contribution in [1.29, 1.82) is 0 Å². The maximum Gasteiger partial charge on any atom is 0.293 e. The van der Waals surface area contributed by atoms with Crippen molar-refractivity contribution in [1.82, 2.24) is 56.1 Å². The number of nitrogens with one attached hydrogen (secondary N) is 6. The molecule has 0 bridgehead atoms. The van der Waals surface area contributed by atoms with Crippen molar-refractivity contribution in [2.75, 3.05) is 59.4 Å². The fraction of sp³-hybridized carbons (Fsp3) is 0.448. The summed E-state index contributed by atoms with van der Waals surface area (Å²) in [5.74, 6) is -16.1. The van der Waals surface area contributed by atoms with E-state index in [1.165, 1.54) is 72.1 Å². The fourth-order valence-corrected chi connectivity index (χ4v) is 17.5. The molecule has 2 aliphatic rings. The zero-order valence-corrected chi connectivity index (χ0v) is 75.5. The summed E-state index contributed by atoms with van der Waals surface area (Å²) in [7, 11) is 5.55. The molecule has 6 aromatic carbocycles. The molecule has 0 aliphatic carbocycles. The van der Waals surface area contributed by atoms with Crippen molar-refractivity contribution in [2.45, 2.75) is 185 Å². The number of H-pyrrole nitrogens is 1. The number of carbonyl (C=O) groups is 15. The standard InChI is InChI=1S/C96H119ClN12O18S/c1-10-11-30-81-95(125)105(6)53-71(113)48-67(54-127-57-110)84(114)51-73(59(4)5)92(122)107(8)82(46-60-22-14-12-15-23-60)91(121)103-78(44-63-34-38-70(112)39-35-63)94(124)109-40-21-31-80(109)90(120)101-75(49-66-52-99-74-29-19-18-28-72(66)74)85(115)50-65(42-62-32-36-69(111)37-33-62)88(118)102-76(41-58(2)3)89(119)104-79(87(98)117)55-128-56-86(116)100-77(45-64-26-20-27-68(97)43-64)93(123)108(9)83(96(126)106(81)7)47-61-24-16-13-17-25-61/h12-20,22-29,32-39,43,52,57-59,65,67,73,75-83,99,111-112H,10-11,21,30-31,40-42,44-51,53-56H2,1-9H3,(H2,98,117)(H,100,116)(H,101,120)(H,102,118)(H,103,121)(H,104,119)/t65-,67+,73+,75+,76+,77+,78+,79+,80-,81+,82+,83+/m1/s1. The fourth-order valence-electron chi connectivity index (χ4n) is 16.4. The van der Waals surface area contributed by atoms with Crippen molar-refractivity contribution >= 4 is 123 Å². The van der Waals surface area contributed by atoms with E-state index in [-0.39, 0.29) is 100 Å². The van der Waals surface area contributed by atoms with E-state index in [1.807, 2.05) is 25.1 Å². The third kappa shape index (κ3) is 28.4. The van der Waals surface area contributed by atoms with Crippen molar-refractivity contribution in [3.63, 3.8) is 0 Å². The van der Waals surface area contributed by atoms with Crippen LogP contribution in [0.2, 0.25) is 5.02 Å². The number of hydrogen-bond acceptors (Lipinski definition) is 19. The van der Waals surface area contributed by atoms with E-state index in [2.05, 4.69) is 31.6 Å². The van der Waals surface area contributed by atoms with Crippen molar-refractivity contribution in [3.05, 3.63) is 202 Å². The van der Waals surface area contributed by atoms with Crippen LogP contribution < -0.4 is 32.3 Å². The van der Waals surface area contributed by atoms with Gasteiger partial charge in [-0.2, -0.15) is 0 Å². The van der Waals surface area contributed by atoms with Gasteiger partial charge in [0.2, 0.25) is 65.0 Å². The predicted octanol–water partition coefficient (Wildman–Crippen LogP) is 7.37. The Morgan fingerprint density at radius 1 is 0.555 bits per heavy atom. The molecule has 11 amide bonds. The molecule has 10 N–H and O–H groups in total. The first kappa shape index (κ1) is 99.5. The molecule has 12 atom stereocenters. The van der Waals surface area contributed by atoms with E-state index in [0.29, 0.717) is 62.1 Å². The Labute approximate surface area is 755 Å². The summed E-state index contributed by atoms with van der Waals surface area (Å²) in [6.07, 6.45) is 0.563. The zero-order chi connectivity index (χ0) is 93.0. The molecule has 30 nitrogen and oxygen atoms in total. The number of para-hydroxylation sites is 1. The summed E-state index contributed by atoms with van der Waals surface area (Å²) in [6, 6.07) is 30.8. The molecule has 0 saturated carbocycles. The molecule has 2 aliphatic heterocycles. The largest absolute Gasteiger partial charge is 0.508 e. The lowest BCUT2D eigenvalue weighted by Crippen LogP contribution is -2.59. The Morgan fingerprint density at radius 3 is 1.74 bits per heavy atom. The molecule has 7 aromatic rings. The number of fused-ring (bicyclic) bond motifs is 2. The summed E-state index contributed by atoms with van der Waals surface area (Å²) in [4.78, 5) is 233. The van der Waals surface area contributed by atoms with Gasteiger partial charge in [-0.05, 0) is 120 Å². The van der Waals surface area contributed by atoms with Crippen molar-refractivity contribution < 1.29 is 86.9 Å². The highest BCUT2D eigenvalue weighted by Crippen LogP contribution is 2.30. The van der Waals surface area contributed by atoms with Gasteiger partial charge >= 0.3 is 0 Å². The molecular weight excluding hydrogens is 1680 g/mol. The van der Waals surface area contributed by atoms with Crippen LogP contribution in [0.3, 0.4) is 0 Å². The maximum absolute atomic E-state index is 15.7. The number of nitrogens with zero attached hydrogens (tertiary/aromatic N) is 5.